The molecule has 0 spiro atoms. The molecule has 0 bridgehead atoms. The Morgan fingerprint density at radius 1 is 0.273 bits per heavy atom. The second-order valence-electron chi connectivity index (χ2n) is 19.7. The van der Waals surface area contributed by atoms with Gasteiger partial charge in [0.1, 0.15) is 11.6 Å². The van der Waals surface area contributed by atoms with E-state index in [9.17, 15) is 5.26 Å². The molecule has 0 aliphatic rings. The summed E-state index contributed by atoms with van der Waals surface area (Å²) in [5.74, 6) is 0. The molecule has 0 amide bonds. The molecular formula is C71H44N6. The normalized spacial score (nSPS) is 11.6. The second-order valence-corrected chi connectivity index (χ2v) is 19.7. The van der Waals surface area contributed by atoms with E-state index in [1.165, 1.54) is 0 Å². The highest BCUT2D eigenvalue weighted by molar-refractivity contribution is 6.14. The van der Waals surface area contributed by atoms with Crippen LogP contribution in [0.25, 0.3) is 138 Å². The lowest BCUT2D eigenvalue weighted by atomic mass is 9.99. The molecule has 5 heterocycles. The van der Waals surface area contributed by atoms with E-state index in [2.05, 4.69) is 272 Å². The SMILES string of the molecule is N#Cc1c(-n2c3ccc(-c4ccccc4)cc3c3cc(-c4ccccc4)ccc32)cc(-c2cccc(-n3c4cnccc4c4ccncc43)c2)cc1-n1c2ccc(-c3ccccc3)cc2c2cc(-c3ccccc3)ccc21. The van der Waals surface area contributed by atoms with Gasteiger partial charge in [-0.3, -0.25) is 9.97 Å². The third-order valence-electron chi connectivity index (χ3n) is 15.5. The fourth-order valence-corrected chi connectivity index (χ4v) is 11.9. The summed E-state index contributed by atoms with van der Waals surface area (Å²) in [6, 6.07) is 89.4. The molecule has 0 aliphatic carbocycles. The minimum Gasteiger partial charge on any atom is -0.308 e. The first-order valence-electron chi connectivity index (χ1n) is 25.9. The van der Waals surface area contributed by atoms with Gasteiger partial charge in [-0.25, -0.2) is 0 Å². The highest BCUT2D eigenvalue weighted by atomic mass is 15.0. The number of nitrogens with zero attached hydrogens (tertiary/aromatic N) is 6. The molecule has 10 aromatic carbocycles. The van der Waals surface area contributed by atoms with Crippen molar-refractivity contribution in [2.45, 2.75) is 0 Å². The summed E-state index contributed by atoms with van der Waals surface area (Å²) < 4.78 is 6.90. The Morgan fingerprint density at radius 2 is 0.623 bits per heavy atom. The van der Waals surface area contributed by atoms with Crippen LogP contribution in [0.1, 0.15) is 5.56 Å². The number of aromatic nitrogens is 5. The van der Waals surface area contributed by atoms with Crippen LogP contribution in [0.4, 0.5) is 0 Å². The summed E-state index contributed by atoms with van der Waals surface area (Å²) in [6.07, 6.45) is 7.57. The van der Waals surface area contributed by atoms with Crippen LogP contribution in [0.5, 0.6) is 0 Å². The molecule has 358 valence electrons. The zero-order valence-electron chi connectivity index (χ0n) is 41.6. The zero-order valence-corrected chi connectivity index (χ0v) is 41.6. The van der Waals surface area contributed by atoms with Crippen molar-refractivity contribution in [2.75, 3.05) is 0 Å². The fraction of sp³-hybridized carbons (Fsp3) is 0. The molecule has 0 radical (unpaired) electrons. The van der Waals surface area contributed by atoms with Gasteiger partial charge in [0, 0.05) is 50.4 Å². The van der Waals surface area contributed by atoms with Gasteiger partial charge in [0.15, 0.2) is 0 Å². The maximum absolute atomic E-state index is 12.0. The molecule has 5 aromatic heterocycles. The lowest BCUT2D eigenvalue weighted by Crippen LogP contribution is -2.05. The van der Waals surface area contributed by atoms with Gasteiger partial charge in [-0.1, -0.05) is 158 Å². The second kappa shape index (κ2) is 17.8. The number of hydrogen-bond donors (Lipinski definition) is 0. The lowest BCUT2D eigenvalue weighted by molar-refractivity contribution is 1.12. The van der Waals surface area contributed by atoms with Crippen molar-refractivity contribution in [3.05, 3.63) is 273 Å². The van der Waals surface area contributed by atoms with Crippen molar-refractivity contribution in [3.63, 3.8) is 0 Å². The van der Waals surface area contributed by atoms with Gasteiger partial charge < -0.3 is 13.7 Å². The fourth-order valence-electron chi connectivity index (χ4n) is 11.9. The van der Waals surface area contributed by atoms with Gasteiger partial charge in [-0.15, -0.1) is 0 Å². The Bertz CT molecular complexity index is 4380. The largest absolute Gasteiger partial charge is 0.308 e. The predicted molar refractivity (Wildman–Crippen MR) is 317 cm³/mol. The standard InChI is InChI=1S/C71H44N6/c72-43-63-68(76-64-28-24-51(46-14-5-1-6-15-46)37-59(64)60-38-52(25-29-65(60)76)47-16-7-2-8-17-47)41-55(50-22-13-23-56(36-50)75-70-44-73-34-32-57(70)58-33-35-74-45-71(58)75)42-69(63)77-66-30-26-53(48-18-9-3-10-19-48)39-61(66)62-40-54(27-31-67(62)77)49-20-11-4-12-21-49/h1-42,44-45H. The van der Waals surface area contributed by atoms with Crippen LogP contribution in [-0.2, 0) is 0 Å². The first kappa shape index (κ1) is 43.9. The first-order chi connectivity index (χ1) is 38.1. The van der Waals surface area contributed by atoms with Gasteiger partial charge >= 0.3 is 0 Å². The van der Waals surface area contributed by atoms with Crippen molar-refractivity contribution in [3.8, 4) is 78.8 Å². The van der Waals surface area contributed by atoms with Crippen LogP contribution in [0.2, 0.25) is 0 Å². The third kappa shape index (κ3) is 7.17. The van der Waals surface area contributed by atoms with Crippen molar-refractivity contribution >= 4 is 65.4 Å². The maximum atomic E-state index is 12.0. The van der Waals surface area contributed by atoms with Crippen molar-refractivity contribution in [1.29, 1.82) is 5.26 Å². The average Bonchev–Trinajstić information content (AvgIpc) is 4.29. The zero-order chi connectivity index (χ0) is 51.0. The van der Waals surface area contributed by atoms with Crippen LogP contribution in [-0.4, -0.2) is 23.7 Å². The molecule has 0 atom stereocenters. The molecule has 0 unspecified atom stereocenters. The van der Waals surface area contributed by atoms with Gasteiger partial charge in [-0.05, 0) is 141 Å². The Morgan fingerprint density at radius 3 is 0.987 bits per heavy atom. The van der Waals surface area contributed by atoms with Crippen molar-refractivity contribution in [2.24, 2.45) is 0 Å². The minimum atomic E-state index is 0.556. The quantitative estimate of drug-likeness (QED) is 0.152. The van der Waals surface area contributed by atoms with E-state index < -0.39 is 0 Å². The van der Waals surface area contributed by atoms with E-state index in [4.69, 9.17) is 0 Å². The first-order valence-corrected chi connectivity index (χ1v) is 25.9. The summed E-state index contributed by atoms with van der Waals surface area (Å²) in [4.78, 5) is 9.17. The van der Waals surface area contributed by atoms with Crippen LogP contribution >= 0.6 is 0 Å². The van der Waals surface area contributed by atoms with Gasteiger partial charge in [0.05, 0.1) is 56.9 Å². The molecule has 0 saturated heterocycles. The van der Waals surface area contributed by atoms with Gasteiger partial charge in [0.25, 0.3) is 0 Å². The van der Waals surface area contributed by atoms with E-state index >= 15 is 0 Å². The monoisotopic (exact) mass is 980 g/mol. The van der Waals surface area contributed by atoms with Crippen molar-refractivity contribution in [1.82, 2.24) is 23.7 Å². The van der Waals surface area contributed by atoms with Crippen LogP contribution in [0.15, 0.2) is 267 Å². The minimum absolute atomic E-state index is 0.556. The predicted octanol–water partition coefficient (Wildman–Crippen LogP) is 18.0. The van der Waals surface area contributed by atoms with E-state index in [0.29, 0.717) is 5.56 Å². The molecule has 6 nitrogen and oxygen atoms in total. The van der Waals surface area contributed by atoms with E-state index in [1.807, 2.05) is 24.8 Å². The Kier molecular flexibility index (Phi) is 10.2. The Labute approximate surface area is 443 Å². The van der Waals surface area contributed by atoms with E-state index in [-0.39, 0.29) is 0 Å². The smallest absolute Gasteiger partial charge is 0.104 e. The van der Waals surface area contributed by atoms with E-state index in [0.717, 1.165) is 138 Å². The molecule has 15 rings (SSSR count). The average molecular weight is 981 g/mol. The van der Waals surface area contributed by atoms with Crippen molar-refractivity contribution < 1.29 is 0 Å². The topological polar surface area (TPSA) is 64.4 Å². The molecule has 6 heteroatoms. The number of benzene rings is 10. The highest BCUT2D eigenvalue weighted by Gasteiger charge is 2.24. The molecule has 15 aromatic rings. The number of rotatable bonds is 8. The third-order valence-corrected chi connectivity index (χ3v) is 15.5. The van der Waals surface area contributed by atoms with Gasteiger partial charge in [0.2, 0.25) is 0 Å². The van der Waals surface area contributed by atoms with Crippen LogP contribution in [0, 0.1) is 11.3 Å². The summed E-state index contributed by atoms with van der Waals surface area (Å²) in [6.45, 7) is 0. The van der Waals surface area contributed by atoms with Gasteiger partial charge in [-0.2, -0.15) is 5.26 Å². The van der Waals surface area contributed by atoms with E-state index in [1.54, 1.807) is 0 Å². The Balaban J connectivity index is 1.04. The summed E-state index contributed by atoms with van der Waals surface area (Å²) >= 11 is 0. The summed E-state index contributed by atoms with van der Waals surface area (Å²) in [5, 5.41) is 18.6. The highest BCUT2D eigenvalue weighted by Crippen LogP contribution is 2.44. The maximum Gasteiger partial charge on any atom is 0.104 e. The molecular weight excluding hydrogens is 937 g/mol. The lowest BCUT2D eigenvalue weighted by Gasteiger charge is -2.19. The number of fused-ring (bicyclic) bond motifs is 9. The molecule has 0 saturated carbocycles. The Hall–Kier alpha value is -10.6. The molecule has 77 heavy (non-hydrogen) atoms. The molecule has 0 N–H and O–H groups in total. The molecule has 0 aliphatic heterocycles. The number of nitriles is 1. The number of pyridine rings is 2. The summed E-state index contributed by atoms with van der Waals surface area (Å²) in [5.41, 5.74) is 20.1. The number of hydrogen-bond acceptors (Lipinski definition) is 3. The van der Waals surface area contributed by atoms with Crippen LogP contribution in [0.3, 0.4) is 0 Å². The molecule has 0 fully saturated rings. The summed E-state index contributed by atoms with van der Waals surface area (Å²) in [7, 11) is 0. The van der Waals surface area contributed by atoms with Crippen LogP contribution < -0.4 is 0 Å².